The van der Waals surface area contributed by atoms with Crippen molar-refractivity contribution in [2.24, 2.45) is 0 Å². The van der Waals surface area contributed by atoms with Crippen LogP contribution in [0.1, 0.15) is 33.4 Å². The van der Waals surface area contributed by atoms with Crippen molar-refractivity contribution in [3.63, 3.8) is 0 Å². The van der Waals surface area contributed by atoms with Gasteiger partial charge in [-0.05, 0) is 30.4 Å². The number of hydrogen-bond donors (Lipinski definition) is 0. The maximum absolute atomic E-state index is 12.8. The fourth-order valence-electron chi connectivity index (χ4n) is 3.04. The van der Waals surface area contributed by atoms with Crippen molar-refractivity contribution in [3.8, 4) is 0 Å². The van der Waals surface area contributed by atoms with E-state index >= 15 is 0 Å². The Morgan fingerprint density at radius 3 is 3.05 bits per heavy atom. The Bertz CT molecular complexity index is 761. The number of carbonyl (C=O) groups is 1. The first-order chi connectivity index (χ1) is 10.8. The van der Waals surface area contributed by atoms with Gasteiger partial charge in [-0.2, -0.15) is 0 Å². The molecule has 3 aromatic rings. The molecule has 0 unspecified atom stereocenters. The third-order valence-corrected chi connectivity index (χ3v) is 6.19. The summed E-state index contributed by atoms with van der Waals surface area (Å²) < 4.78 is 1.18. The van der Waals surface area contributed by atoms with E-state index in [0.29, 0.717) is 5.92 Å². The quantitative estimate of drug-likeness (QED) is 0.699. The highest BCUT2D eigenvalue weighted by Gasteiger charge is 2.27. The highest BCUT2D eigenvalue weighted by molar-refractivity contribution is 7.20. The van der Waals surface area contributed by atoms with Crippen LogP contribution in [0.15, 0.2) is 41.9 Å². The summed E-state index contributed by atoms with van der Waals surface area (Å²) in [4.78, 5) is 20.1. The Hall–Kier alpha value is -1.72. The number of benzene rings is 1. The molecular weight excluding hydrogens is 312 g/mol. The fraction of sp³-hybridized carbons (Fsp3) is 0.294. The number of piperidine rings is 1. The van der Waals surface area contributed by atoms with E-state index in [2.05, 4.69) is 17.1 Å². The number of carbonyl (C=O) groups excluding carboxylic acids is 1. The van der Waals surface area contributed by atoms with Crippen molar-refractivity contribution < 1.29 is 4.79 Å². The zero-order chi connectivity index (χ0) is 14.9. The SMILES string of the molecule is O=C(c1cc2ccccc2s1)N1CCC[C@H](c2nccs2)C1. The van der Waals surface area contributed by atoms with Gasteiger partial charge >= 0.3 is 0 Å². The fourth-order valence-corrected chi connectivity index (χ4v) is 4.84. The molecule has 5 heteroatoms. The molecule has 0 bridgehead atoms. The molecule has 0 radical (unpaired) electrons. The Morgan fingerprint density at radius 2 is 2.23 bits per heavy atom. The maximum atomic E-state index is 12.8. The minimum absolute atomic E-state index is 0.169. The lowest BCUT2D eigenvalue weighted by Gasteiger charge is -2.31. The molecule has 3 nitrogen and oxygen atoms in total. The third kappa shape index (κ3) is 2.55. The number of rotatable bonds is 2. The van der Waals surface area contributed by atoms with Crippen LogP contribution in [-0.2, 0) is 0 Å². The van der Waals surface area contributed by atoms with Crippen LogP contribution in [0, 0.1) is 0 Å². The summed E-state index contributed by atoms with van der Waals surface area (Å²) in [6.07, 6.45) is 4.04. The van der Waals surface area contributed by atoms with Gasteiger partial charge in [-0.15, -0.1) is 22.7 Å². The van der Waals surface area contributed by atoms with Crippen LogP contribution < -0.4 is 0 Å². The zero-order valence-corrected chi connectivity index (χ0v) is 13.7. The summed E-state index contributed by atoms with van der Waals surface area (Å²) in [6, 6.07) is 10.2. The van der Waals surface area contributed by atoms with Gasteiger partial charge in [-0.1, -0.05) is 18.2 Å². The average Bonchev–Trinajstić information content (AvgIpc) is 3.23. The smallest absolute Gasteiger partial charge is 0.263 e. The highest BCUT2D eigenvalue weighted by atomic mass is 32.1. The van der Waals surface area contributed by atoms with Crippen LogP contribution in [0.5, 0.6) is 0 Å². The zero-order valence-electron chi connectivity index (χ0n) is 12.1. The van der Waals surface area contributed by atoms with Crippen LogP contribution in [-0.4, -0.2) is 28.9 Å². The van der Waals surface area contributed by atoms with E-state index < -0.39 is 0 Å². The van der Waals surface area contributed by atoms with Gasteiger partial charge in [0.05, 0.1) is 9.88 Å². The number of amides is 1. The molecule has 1 aliphatic rings. The Labute approximate surface area is 137 Å². The summed E-state index contributed by atoms with van der Waals surface area (Å²) >= 11 is 3.29. The van der Waals surface area contributed by atoms with Crippen molar-refractivity contribution in [1.82, 2.24) is 9.88 Å². The molecule has 1 aliphatic heterocycles. The van der Waals surface area contributed by atoms with Gasteiger partial charge in [0.25, 0.3) is 5.91 Å². The monoisotopic (exact) mass is 328 g/mol. The van der Waals surface area contributed by atoms with Crippen LogP contribution in [0.25, 0.3) is 10.1 Å². The predicted molar refractivity (Wildman–Crippen MR) is 91.8 cm³/mol. The van der Waals surface area contributed by atoms with Crippen LogP contribution in [0.3, 0.4) is 0 Å². The lowest BCUT2D eigenvalue weighted by Crippen LogP contribution is -2.38. The van der Waals surface area contributed by atoms with E-state index in [0.717, 1.165) is 41.2 Å². The van der Waals surface area contributed by atoms with E-state index in [9.17, 15) is 4.79 Å². The standard InChI is InChI=1S/C17H16N2OS2/c20-17(15-10-12-4-1-2-6-14(12)22-15)19-8-3-5-13(11-19)16-18-7-9-21-16/h1-2,4,6-7,9-10,13H,3,5,8,11H2/t13-/m0/s1. The van der Waals surface area contributed by atoms with Crippen molar-refractivity contribution in [3.05, 3.63) is 51.8 Å². The third-order valence-electron chi connectivity index (χ3n) is 4.15. The second-order valence-electron chi connectivity index (χ2n) is 5.61. The normalized spacial score (nSPS) is 18.7. The van der Waals surface area contributed by atoms with Gasteiger partial charge < -0.3 is 4.90 Å². The molecule has 3 heterocycles. The van der Waals surface area contributed by atoms with Gasteiger partial charge in [0, 0.05) is 35.3 Å². The molecular formula is C17H16N2OS2. The summed E-state index contributed by atoms with van der Waals surface area (Å²) in [6.45, 7) is 1.65. The molecule has 0 aliphatic carbocycles. The number of aromatic nitrogens is 1. The number of thiophene rings is 1. The number of fused-ring (bicyclic) bond motifs is 1. The lowest BCUT2D eigenvalue weighted by atomic mass is 9.98. The molecule has 4 rings (SSSR count). The van der Waals surface area contributed by atoms with Crippen LogP contribution in [0.2, 0.25) is 0 Å². The molecule has 22 heavy (non-hydrogen) atoms. The molecule has 1 saturated heterocycles. The minimum Gasteiger partial charge on any atom is -0.337 e. The number of thiazole rings is 1. The molecule has 2 aromatic heterocycles. The topological polar surface area (TPSA) is 33.2 Å². The minimum atomic E-state index is 0.169. The number of nitrogens with zero attached hydrogens (tertiary/aromatic N) is 2. The van der Waals surface area contributed by atoms with Crippen molar-refractivity contribution in [2.75, 3.05) is 13.1 Å². The second-order valence-corrected chi connectivity index (χ2v) is 7.62. The number of hydrogen-bond acceptors (Lipinski definition) is 4. The van der Waals surface area contributed by atoms with Gasteiger partial charge in [-0.3, -0.25) is 4.79 Å². The largest absolute Gasteiger partial charge is 0.337 e. The molecule has 0 saturated carbocycles. The predicted octanol–water partition coefficient (Wildman–Crippen LogP) is 4.38. The lowest BCUT2D eigenvalue weighted by molar-refractivity contribution is 0.0712. The van der Waals surface area contributed by atoms with E-state index in [1.165, 1.54) is 4.70 Å². The Balaban J connectivity index is 1.56. The van der Waals surface area contributed by atoms with E-state index in [1.54, 1.807) is 22.7 Å². The average molecular weight is 328 g/mol. The number of likely N-dealkylation sites (tertiary alicyclic amines) is 1. The van der Waals surface area contributed by atoms with Gasteiger partial charge in [0.15, 0.2) is 0 Å². The molecule has 1 aromatic carbocycles. The molecule has 1 fully saturated rings. The Kier molecular flexibility index (Phi) is 3.68. The van der Waals surface area contributed by atoms with Crippen LogP contribution in [0.4, 0.5) is 0 Å². The summed E-state index contributed by atoms with van der Waals surface area (Å²) in [5, 5.41) is 4.33. The van der Waals surface area contributed by atoms with Gasteiger partial charge in [0.1, 0.15) is 0 Å². The molecule has 112 valence electrons. The van der Waals surface area contributed by atoms with Crippen molar-refractivity contribution >= 4 is 38.7 Å². The first-order valence-corrected chi connectivity index (χ1v) is 9.18. The Morgan fingerprint density at radius 1 is 1.32 bits per heavy atom. The second kappa shape index (κ2) is 5.82. The first kappa shape index (κ1) is 13.9. The molecule has 0 N–H and O–H groups in total. The summed E-state index contributed by atoms with van der Waals surface area (Å²) in [5.74, 6) is 0.564. The summed E-state index contributed by atoms with van der Waals surface area (Å²) in [7, 11) is 0. The van der Waals surface area contributed by atoms with Crippen molar-refractivity contribution in [2.45, 2.75) is 18.8 Å². The summed E-state index contributed by atoms with van der Waals surface area (Å²) in [5.41, 5.74) is 0. The van der Waals surface area contributed by atoms with E-state index in [4.69, 9.17) is 0 Å². The van der Waals surface area contributed by atoms with Gasteiger partial charge in [0.2, 0.25) is 0 Å². The van der Waals surface area contributed by atoms with Crippen molar-refractivity contribution in [1.29, 1.82) is 0 Å². The molecule has 1 amide bonds. The van der Waals surface area contributed by atoms with E-state index in [-0.39, 0.29) is 5.91 Å². The van der Waals surface area contributed by atoms with Crippen LogP contribution >= 0.6 is 22.7 Å². The molecule has 1 atom stereocenters. The first-order valence-electron chi connectivity index (χ1n) is 7.48. The maximum Gasteiger partial charge on any atom is 0.263 e. The molecule has 0 spiro atoms. The van der Waals surface area contributed by atoms with E-state index in [1.807, 2.05) is 34.7 Å². The highest BCUT2D eigenvalue weighted by Crippen LogP contribution is 2.31. The van der Waals surface area contributed by atoms with Gasteiger partial charge in [-0.25, -0.2) is 4.98 Å².